The van der Waals surface area contributed by atoms with Crippen molar-refractivity contribution in [3.8, 4) is 0 Å². The van der Waals surface area contributed by atoms with Crippen molar-refractivity contribution >= 4 is 11.0 Å². The van der Waals surface area contributed by atoms with Gasteiger partial charge < -0.3 is 9.47 Å². The van der Waals surface area contributed by atoms with E-state index in [1.807, 2.05) is 12.5 Å². The van der Waals surface area contributed by atoms with Gasteiger partial charge in [0.25, 0.3) is 0 Å². The molecule has 0 saturated carbocycles. The summed E-state index contributed by atoms with van der Waals surface area (Å²) in [6.45, 7) is 12.3. The van der Waals surface area contributed by atoms with Gasteiger partial charge in [0.2, 0.25) is 0 Å². The second-order valence-corrected chi connectivity index (χ2v) is 6.80. The third kappa shape index (κ3) is 2.33. The molecule has 1 aliphatic rings. The van der Waals surface area contributed by atoms with Crippen LogP contribution in [0.25, 0.3) is 11.0 Å². The number of fused-ring (bicyclic) bond motifs is 1. The molecule has 1 atom stereocenters. The Morgan fingerprint density at radius 1 is 1.30 bits per heavy atom. The van der Waals surface area contributed by atoms with Crippen LogP contribution in [0.15, 0.2) is 18.6 Å². The standard InChI is InChI=1S/C16H24N4/c1-5-19-7-6-12(10-19)20-11-18-13-9-17-15(8-14(13)20)16(2,3)4/h8-9,11-12H,5-7,10H2,1-4H3/t12-/m0/s1. The molecule has 0 radical (unpaired) electrons. The molecule has 0 N–H and O–H groups in total. The van der Waals surface area contributed by atoms with Gasteiger partial charge in [-0.3, -0.25) is 4.98 Å². The Balaban J connectivity index is 2.00. The number of pyridine rings is 1. The van der Waals surface area contributed by atoms with Gasteiger partial charge in [0, 0.05) is 30.2 Å². The van der Waals surface area contributed by atoms with E-state index in [0.717, 1.165) is 24.3 Å². The number of rotatable bonds is 2. The lowest BCUT2D eigenvalue weighted by atomic mass is 9.91. The highest BCUT2D eigenvalue weighted by molar-refractivity contribution is 5.75. The minimum absolute atomic E-state index is 0.0778. The maximum absolute atomic E-state index is 4.56. The van der Waals surface area contributed by atoms with Crippen LogP contribution in [-0.2, 0) is 5.41 Å². The van der Waals surface area contributed by atoms with E-state index in [1.165, 1.54) is 18.5 Å². The zero-order chi connectivity index (χ0) is 14.3. The predicted molar refractivity (Wildman–Crippen MR) is 82.0 cm³/mol. The molecule has 1 aliphatic heterocycles. The first-order valence-corrected chi connectivity index (χ1v) is 7.54. The van der Waals surface area contributed by atoms with Gasteiger partial charge in [-0.25, -0.2) is 4.98 Å². The third-order valence-electron chi connectivity index (χ3n) is 4.32. The summed E-state index contributed by atoms with van der Waals surface area (Å²) in [6, 6.07) is 2.77. The Morgan fingerprint density at radius 2 is 2.10 bits per heavy atom. The highest BCUT2D eigenvalue weighted by Gasteiger charge is 2.24. The van der Waals surface area contributed by atoms with Crippen LogP contribution in [0, 0.1) is 0 Å². The fraction of sp³-hybridized carbons (Fsp3) is 0.625. The molecule has 0 unspecified atom stereocenters. The zero-order valence-corrected chi connectivity index (χ0v) is 12.9. The van der Waals surface area contributed by atoms with E-state index in [1.54, 1.807) is 0 Å². The van der Waals surface area contributed by atoms with E-state index in [0.29, 0.717) is 6.04 Å². The summed E-state index contributed by atoms with van der Waals surface area (Å²) >= 11 is 0. The third-order valence-corrected chi connectivity index (χ3v) is 4.32. The fourth-order valence-corrected chi connectivity index (χ4v) is 2.96. The number of likely N-dealkylation sites (N-methyl/N-ethyl adjacent to an activating group) is 1. The van der Waals surface area contributed by atoms with Crippen LogP contribution in [0.3, 0.4) is 0 Å². The smallest absolute Gasteiger partial charge is 0.107 e. The van der Waals surface area contributed by atoms with Crippen molar-refractivity contribution < 1.29 is 0 Å². The molecule has 0 spiro atoms. The molecular formula is C16H24N4. The van der Waals surface area contributed by atoms with Crippen LogP contribution in [0.5, 0.6) is 0 Å². The van der Waals surface area contributed by atoms with Crippen LogP contribution in [0.1, 0.15) is 45.9 Å². The molecule has 4 heteroatoms. The number of nitrogens with zero attached hydrogens (tertiary/aromatic N) is 4. The van der Waals surface area contributed by atoms with Gasteiger partial charge >= 0.3 is 0 Å². The van der Waals surface area contributed by atoms with Gasteiger partial charge in [0.1, 0.15) is 5.52 Å². The largest absolute Gasteiger partial charge is 0.326 e. The Hall–Kier alpha value is -1.42. The van der Waals surface area contributed by atoms with Crippen molar-refractivity contribution in [2.75, 3.05) is 19.6 Å². The minimum Gasteiger partial charge on any atom is -0.326 e. The molecule has 3 rings (SSSR count). The van der Waals surface area contributed by atoms with E-state index in [-0.39, 0.29) is 5.41 Å². The molecule has 3 heterocycles. The van der Waals surface area contributed by atoms with Gasteiger partial charge in [-0.1, -0.05) is 27.7 Å². The minimum atomic E-state index is 0.0778. The van der Waals surface area contributed by atoms with Gasteiger partial charge in [-0.15, -0.1) is 0 Å². The Kier molecular flexibility index (Phi) is 3.28. The van der Waals surface area contributed by atoms with E-state index in [9.17, 15) is 0 Å². The van der Waals surface area contributed by atoms with Crippen molar-refractivity contribution in [2.24, 2.45) is 0 Å². The molecule has 4 nitrogen and oxygen atoms in total. The number of likely N-dealkylation sites (tertiary alicyclic amines) is 1. The van der Waals surface area contributed by atoms with Crippen LogP contribution in [0.4, 0.5) is 0 Å². The highest BCUT2D eigenvalue weighted by Crippen LogP contribution is 2.28. The number of hydrogen-bond donors (Lipinski definition) is 0. The van der Waals surface area contributed by atoms with Crippen LogP contribution in [-0.4, -0.2) is 39.1 Å². The lowest BCUT2D eigenvalue weighted by Crippen LogP contribution is -2.20. The SMILES string of the molecule is CCN1CC[C@H](n2cnc3cnc(C(C)(C)C)cc32)C1. The zero-order valence-electron chi connectivity index (χ0n) is 12.9. The van der Waals surface area contributed by atoms with Crippen molar-refractivity contribution in [3.05, 3.63) is 24.3 Å². The Morgan fingerprint density at radius 3 is 2.75 bits per heavy atom. The molecule has 2 aromatic rings. The Labute approximate surface area is 120 Å². The normalized spacial score (nSPS) is 20.9. The molecule has 108 valence electrons. The lowest BCUT2D eigenvalue weighted by molar-refractivity contribution is 0.342. The summed E-state index contributed by atoms with van der Waals surface area (Å²) in [6.07, 6.45) is 5.12. The molecule has 20 heavy (non-hydrogen) atoms. The molecule has 0 aromatic carbocycles. The van der Waals surface area contributed by atoms with E-state index >= 15 is 0 Å². The summed E-state index contributed by atoms with van der Waals surface area (Å²) in [5.74, 6) is 0. The highest BCUT2D eigenvalue weighted by atomic mass is 15.2. The first-order chi connectivity index (χ1) is 9.49. The number of aromatic nitrogens is 3. The quantitative estimate of drug-likeness (QED) is 0.843. The second-order valence-electron chi connectivity index (χ2n) is 6.80. The van der Waals surface area contributed by atoms with Gasteiger partial charge in [0.05, 0.1) is 18.0 Å². The maximum Gasteiger partial charge on any atom is 0.107 e. The maximum atomic E-state index is 4.56. The van der Waals surface area contributed by atoms with Crippen LogP contribution >= 0.6 is 0 Å². The van der Waals surface area contributed by atoms with Crippen molar-refractivity contribution in [1.29, 1.82) is 0 Å². The van der Waals surface area contributed by atoms with E-state index < -0.39 is 0 Å². The van der Waals surface area contributed by atoms with E-state index in [2.05, 4.69) is 53.2 Å². The predicted octanol–water partition coefficient (Wildman–Crippen LogP) is 3.00. The summed E-state index contributed by atoms with van der Waals surface area (Å²) < 4.78 is 2.35. The molecule has 2 aromatic heterocycles. The molecule has 0 amide bonds. The van der Waals surface area contributed by atoms with Gasteiger partial charge in [0.15, 0.2) is 0 Å². The fourth-order valence-electron chi connectivity index (χ4n) is 2.96. The molecular weight excluding hydrogens is 248 g/mol. The lowest BCUT2D eigenvalue weighted by Gasteiger charge is -2.19. The van der Waals surface area contributed by atoms with Crippen molar-refractivity contribution in [2.45, 2.75) is 45.6 Å². The summed E-state index contributed by atoms with van der Waals surface area (Å²) in [5, 5.41) is 0. The molecule has 0 aliphatic carbocycles. The molecule has 1 fully saturated rings. The summed E-state index contributed by atoms with van der Waals surface area (Å²) in [5.41, 5.74) is 3.45. The van der Waals surface area contributed by atoms with E-state index in [4.69, 9.17) is 0 Å². The molecule has 1 saturated heterocycles. The number of hydrogen-bond acceptors (Lipinski definition) is 3. The first kappa shape index (κ1) is 13.6. The first-order valence-electron chi connectivity index (χ1n) is 7.54. The average molecular weight is 272 g/mol. The van der Waals surface area contributed by atoms with Gasteiger partial charge in [-0.05, 0) is 19.0 Å². The Bertz CT molecular complexity index is 608. The van der Waals surface area contributed by atoms with Crippen LogP contribution in [0.2, 0.25) is 0 Å². The molecule has 0 bridgehead atoms. The monoisotopic (exact) mass is 272 g/mol. The van der Waals surface area contributed by atoms with Crippen molar-refractivity contribution in [1.82, 2.24) is 19.4 Å². The summed E-state index contributed by atoms with van der Waals surface area (Å²) in [7, 11) is 0. The van der Waals surface area contributed by atoms with Crippen LogP contribution < -0.4 is 0 Å². The number of imidazole rings is 1. The average Bonchev–Trinajstić information content (AvgIpc) is 3.02. The second kappa shape index (κ2) is 4.85. The van der Waals surface area contributed by atoms with Gasteiger partial charge in [-0.2, -0.15) is 0 Å². The van der Waals surface area contributed by atoms with Crippen molar-refractivity contribution in [3.63, 3.8) is 0 Å². The summed E-state index contributed by atoms with van der Waals surface area (Å²) in [4.78, 5) is 11.6. The topological polar surface area (TPSA) is 34.0 Å².